The van der Waals surface area contributed by atoms with Crippen LogP contribution in [0.15, 0.2) is 39.3 Å². The van der Waals surface area contributed by atoms with Gasteiger partial charge in [0.25, 0.3) is 0 Å². The van der Waals surface area contributed by atoms with Gasteiger partial charge in [-0.15, -0.1) is 12.6 Å². The van der Waals surface area contributed by atoms with E-state index in [4.69, 9.17) is 0 Å². The van der Waals surface area contributed by atoms with Crippen LogP contribution in [-0.4, -0.2) is 26.2 Å². The van der Waals surface area contributed by atoms with Gasteiger partial charge in [0.2, 0.25) is 0 Å². The molecule has 0 spiro atoms. The fourth-order valence-electron chi connectivity index (χ4n) is 1.19. The van der Waals surface area contributed by atoms with Gasteiger partial charge in [-0.1, -0.05) is 15.9 Å². The van der Waals surface area contributed by atoms with Gasteiger partial charge in [-0.2, -0.15) is 0 Å². The second-order valence-corrected chi connectivity index (χ2v) is 4.76. The summed E-state index contributed by atoms with van der Waals surface area (Å²) < 4.78 is 9.90. The topological polar surface area (TPSA) is 64.6 Å². The van der Waals surface area contributed by atoms with Gasteiger partial charge in [-0.05, 0) is 18.2 Å². The van der Waals surface area contributed by atoms with Crippen molar-refractivity contribution < 1.29 is 19.1 Å². The first kappa shape index (κ1) is 15.6. The molecule has 0 aliphatic carbocycles. The van der Waals surface area contributed by atoms with Crippen LogP contribution in [0.2, 0.25) is 0 Å². The first-order valence-corrected chi connectivity index (χ1v) is 6.35. The van der Waals surface area contributed by atoms with Crippen LogP contribution in [0.4, 0.5) is 5.69 Å². The monoisotopic (exact) mass is 345 g/mol. The fourth-order valence-corrected chi connectivity index (χ4v) is 2.00. The molecule has 0 atom stereocenters. The number of anilines is 1. The molecule has 1 aromatic rings. The van der Waals surface area contributed by atoms with Gasteiger partial charge < -0.3 is 14.8 Å². The molecule has 102 valence electrons. The van der Waals surface area contributed by atoms with Gasteiger partial charge >= 0.3 is 11.9 Å². The van der Waals surface area contributed by atoms with Crippen LogP contribution in [0, 0.1) is 0 Å². The van der Waals surface area contributed by atoms with Gasteiger partial charge in [-0.3, -0.25) is 0 Å². The summed E-state index contributed by atoms with van der Waals surface area (Å²) in [4.78, 5) is 23.4. The Hall–Kier alpha value is -1.47. The highest BCUT2D eigenvalue weighted by Crippen LogP contribution is 2.25. The molecule has 1 N–H and O–H groups in total. The minimum absolute atomic E-state index is 0.0352. The summed E-state index contributed by atoms with van der Waals surface area (Å²) in [6, 6.07) is 5.23. The predicted octanol–water partition coefficient (Wildman–Crippen LogP) is 2.38. The maximum absolute atomic E-state index is 11.6. The predicted molar refractivity (Wildman–Crippen MR) is 77.1 cm³/mol. The molecule has 0 fully saturated rings. The van der Waals surface area contributed by atoms with Crippen molar-refractivity contribution in [3.8, 4) is 0 Å². The number of ether oxygens (including phenoxy) is 2. The smallest absolute Gasteiger partial charge is 0.354 e. The number of hydrogen-bond acceptors (Lipinski definition) is 6. The summed E-state index contributed by atoms with van der Waals surface area (Å²) in [5.41, 5.74) is 0.527. The summed E-state index contributed by atoms with van der Waals surface area (Å²) in [6.45, 7) is 0. The van der Waals surface area contributed by atoms with E-state index in [1.165, 1.54) is 14.2 Å². The van der Waals surface area contributed by atoms with Crippen LogP contribution in [-0.2, 0) is 19.1 Å². The average Bonchev–Trinajstić information content (AvgIpc) is 2.39. The van der Waals surface area contributed by atoms with E-state index in [2.05, 4.69) is 43.3 Å². The molecule has 5 nitrogen and oxygen atoms in total. The van der Waals surface area contributed by atoms with Crippen LogP contribution < -0.4 is 5.32 Å². The number of hydrogen-bond donors (Lipinski definition) is 2. The molecule has 0 heterocycles. The van der Waals surface area contributed by atoms with Gasteiger partial charge in [0.1, 0.15) is 5.70 Å². The molecule has 0 aromatic heterocycles. The largest absolute Gasteiger partial charge is 0.466 e. The van der Waals surface area contributed by atoms with E-state index >= 15 is 0 Å². The van der Waals surface area contributed by atoms with Crippen LogP contribution in [0.3, 0.4) is 0 Å². The number of rotatable bonds is 4. The van der Waals surface area contributed by atoms with Gasteiger partial charge in [0.05, 0.1) is 26.0 Å². The Labute approximate surface area is 124 Å². The van der Waals surface area contributed by atoms with Crippen molar-refractivity contribution in [3.05, 3.63) is 34.4 Å². The van der Waals surface area contributed by atoms with Gasteiger partial charge in [-0.25, -0.2) is 9.59 Å². The van der Waals surface area contributed by atoms with Crippen LogP contribution in [0.25, 0.3) is 0 Å². The van der Waals surface area contributed by atoms with Crippen molar-refractivity contribution >= 4 is 46.2 Å². The summed E-state index contributed by atoms with van der Waals surface area (Å²) in [7, 11) is 2.44. The number of esters is 2. The van der Waals surface area contributed by atoms with Gasteiger partial charge in [0.15, 0.2) is 0 Å². The first-order chi connectivity index (χ1) is 8.97. The molecule has 19 heavy (non-hydrogen) atoms. The Balaban J connectivity index is 3.04. The van der Waals surface area contributed by atoms with Crippen molar-refractivity contribution in [1.29, 1.82) is 0 Å². The number of nitrogens with one attached hydrogen (secondary N) is 1. The maximum Gasteiger partial charge on any atom is 0.354 e. The Morgan fingerprint density at radius 3 is 2.53 bits per heavy atom. The minimum Gasteiger partial charge on any atom is -0.466 e. The molecule has 0 bridgehead atoms. The quantitative estimate of drug-likeness (QED) is 0.498. The van der Waals surface area contributed by atoms with E-state index in [-0.39, 0.29) is 5.70 Å². The van der Waals surface area contributed by atoms with Crippen molar-refractivity contribution in [3.63, 3.8) is 0 Å². The molecule has 1 aromatic carbocycles. The number of methoxy groups -OCH3 is 2. The normalized spacial score (nSPS) is 10.8. The van der Waals surface area contributed by atoms with Crippen LogP contribution in [0.5, 0.6) is 0 Å². The van der Waals surface area contributed by atoms with Crippen molar-refractivity contribution in [1.82, 2.24) is 0 Å². The average molecular weight is 346 g/mol. The third-order valence-corrected chi connectivity index (χ3v) is 2.96. The molecule has 0 aliphatic rings. The lowest BCUT2D eigenvalue weighted by Crippen LogP contribution is -2.15. The SMILES string of the molecule is COC(=O)/C=C(/Nc1ccc(Br)cc1S)C(=O)OC. The van der Waals surface area contributed by atoms with E-state index in [1.54, 1.807) is 18.2 Å². The Kier molecular flexibility index (Phi) is 5.91. The lowest BCUT2D eigenvalue weighted by molar-refractivity contribution is -0.138. The summed E-state index contributed by atoms with van der Waals surface area (Å²) >= 11 is 7.57. The highest BCUT2D eigenvalue weighted by molar-refractivity contribution is 9.10. The zero-order valence-electron chi connectivity index (χ0n) is 10.3. The van der Waals surface area contributed by atoms with E-state index in [0.717, 1.165) is 10.5 Å². The molecule has 0 aliphatic heterocycles. The van der Waals surface area contributed by atoms with Gasteiger partial charge in [0, 0.05) is 9.37 Å². The summed E-state index contributed by atoms with van der Waals surface area (Å²) in [5.74, 6) is -1.34. The number of carbonyl (C=O) groups is 2. The third-order valence-electron chi connectivity index (χ3n) is 2.10. The molecular weight excluding hydrogens is 334 g/mol. The molecule has 0 saturated carbocycles. The molecule has 0 amide bonds. The Morgan fingerprint density at radius 2 is 2.00 bits per heavy atom. The minimum atomic E-state index is -0.680. The standard InChI is InChI=1S/C12H12BrNO4S/c1-17-11(15)6-9(12(16)18-2)14-8-4-3-7(13)5-10(8)19/h3-6,14,19H,1-2H3/b9-6+. The lowest BCUT2D eigenvalue weighted by Gasteiger charge is -2.11. The Bertz CT molecular complexity index is 530. The van der Waals surface area contributed by atoms with Crippen molar-refractivity contribution in [2.24, 2.45) is 0 Å². The molecule has 7 heteroatoms. The number of carbonyl (C=O) groups excluding carboxylic acids is 2. The van der Waals surface area contributed by atoms with Crippen molar-refractivity contribution in [2.75, 3.05) is 19.5 Å². The third kappa shape index (κ3) is 4.60. The molecule has 1 rings (SSSR count). The molecule has 0 radical (unpaired) electrons. The Morgan fingerprint density at radius 1 is 1.32 bits per heavy atom. The highest BCUT2D eigenvalue weighted by atomic mass is 79.9. The zero-order chi connectivity index (χ0) is 14.4. The number of halogens is 1. The van der Waals surface area contributed by atoms with E-state index in [0.29, 0.717) is 10.6 Å². The van der Waals surface area contributed by atoms with E-state index < -0.39 is 11.9 Å². The van der Waals surface area contributed by atoms with Crippen molar-refractivity contribution in [2.45, 2.75) is 4.90 Å². The summed E-state index contributed by atoms with van der Waals surface area (Å²) in [6.07, 6.45) is 1.01. The summed E-state index contributed by atoms with van der Waals surface area (Å²) in [5, 5.41) is 2.78. The second kappa shape index (κ2) is 7.20. The maximum atomic E-state index is 11.6. The molecular formula is C12H12BrNO4S. The van der Waals surface area contributed by atoms with Crippen LogP contribution >= 0.6 is 28.6 Å². The number of benzene rings is 1. The molecule has 0 unspecified atom stereocenters. The van der Waals surface area contributed by atoms with E-state index in [9.17, 15) is 9.59 Å². The first-order valence-electron chi connectivity index (χ1n) is 5.11. The second-order valence-electron chi connectivity index (χ2n) is 3.36. The van der Waals surface area contributed by atoms with E-state index in [1.807, 2.05) is 0 Å². The highest BCUT2D eigenvalue weighted by Gasteiger charge is 2.13. The fraction of sp³-hybridized carbons (Fsp3) is 0.167. The lowest BCUT2D eigenvalue weighted by atomic mass is 10.3. The number of thiol groups is 1. The molecule has 0 saturated heterocycles. The zero-order valence-corrected chi connectivity index (χ0v) is 12.7. The van der Waals surface area contributed by atoms with Crippen LogP contribution in [0.1, 0.15) is 0 Å².